The van der Waals surface area contributed by atoms with Crippen LogP contribution >= 0.6 is 11.3 Å². The number of hydrogen-bond donors (Lipinski definition) is 1. The van der Waals surface area contributed by atoms with E-state index in [2.05, 4.69) is 14.9 Å². The van der Waals surface area contributed by atoms with Crippen molar-refractivity contribution in [3.63, 3.8) is 0 Å². The number of nitrogens with two attached hydrogens (primary N) is 1. The number of halogens is 2. The first-order chi connectivity index (χ1) is 5.72. The molecule has 1 heterocycles. The van der Waals surface area contributed by atoms with Crippen LogP contribution in [0.1, 0.15) is 5.01 Å². The van der Waals surface area contributed by atoms with E-state index in [-0.39, 0.29) is 11.7 Å². The third kappa shape index (κ3) is 2.67. The zero-order valence-corrected chi connectivity index (χ0v) is 6.85. The van der Waals surface area contributed by atoms with Crippen LogP contribution in [0.25, 0.3) is 0 Å². The van der Waals surface area contributed by atoms with Gasteiger partial charge in [0.2, 0.25) is 0 Å². The third-order valence-electron chi connectivity index (χ3n) is 0.956. The third-order valence-corrected chi connectivity index (χ3v) is 1.81. The van der Waals surface area contributed by atoms with Gasteiger partial charge in [0, 0.05) is 6.54 Å². The van der Waals surface area contributed by atoms with Gasteiger partial charge >= 0.3 is 0 Å². The molecule has 1 aromatic rings. The van der Waals surface area contributed by atoms with E-state index >= 15 is 0 Å². The zero-order valence-electron chi connectivity index (χ0n) is 6.04. The molecule has 0 amide bonds. The van der Waals surface area contributed by atoms with Crippen LogP contribution in [0.2, 0.25) is 0 Å². The highest BCUT2D eigenvalue weighted by Crippen LogP contribution is 2.17. The van der Waals surface area contributed by atoms with Gasteiger partial charge in [-0.05, 0) is 0 Å². The summed E-state index contributed by atoms with van der Waals surface area (Å²) in [5, 5.41) is 7.78. The van der Waals surface area contributed by atoms with Gasteiger partial charge in [-0.15, -0.1) is 10.2 Å². The topological polar surface area (TPSA) is 61.0 Å². The lowest BCUT2D eigenvalue weighted by Crippen LogP contribution is -2.06. The Morgan fingerprint density at radius 3 is 2.75 bits per heavy atom. The Morgan fingerprint density at radius 2 is 2.25 bits per heavy atom. The number of nitrogens with zero attached hydrogens (tertiary/aromatic N) is 2. The fourth-order valence-corrected chi connectivity index (χ4v) is 1.09. The van der Waals surface area contributed by atoms with Crippen molar-refractivity contribution in [1.82, 2.24) is 10.2 Å². The molecular weight excluding hydrogens is 188 g/mol. The van der Waals surface area contributed by atoms with E-state index in [4.69, 9.17) is 5.73 Å². The summed E-state index contributed by atoms with van der Waals surface area (Å²) in [5.41, 5.74) is 5.22. The van der Waals surface area contributed by atoms with E-state index < -0.39 is 13.0 Å². The summed E-state index contributed by atoms with van der Waals surface area (Å²) in [4.78, 5) is 0. The summed E-state index contributed by atoms with van der Waals surface area (Å²) in [6, 6.07) is 0. The van der Waals surface area contributed by atoms with Crippen LogP contribution in [-0.2, 0) is 6.54 Å². The molecule has 0 atom stereocenters. The number of ether oxygens (including phenoxy) is 1. The Bertz CT molecular complexity index is 242. The largest absolute Gasteiger partial charge is 0.463 e. The molecule has 12 heavy (non-hydrogen) atoms. The first kappa shape index (κ1) is 9.27. The van der Waals surface area contributed by atoms with E-state index in [9.17, 15) is 8.78 Å². The Balaban J connectivity index is 2.41. The maximum Gasteiger partial charge on any atom is 0.294 e. The second kappa shape index (κ2) is 4.27. The minimum atomic E-state index is -2.49. The van der Waals surface area contributed by atoms with Crippen molar-refractivity contribution in [3.05, 3.63) is 5.01 Å². The number of hydrogen-bond acceptors (Lipinski definition) is 5. The van der Waals surface area contributed by atoms with Gasteiger partial charge in [0.15, 0.2) is 6.61 Å². The van der Waals surface area contributed by atoms with Crippen LogP contribution in [0.15, 0.2) is 0 Å². The first-order valence-electron chi connectivity index (χ1n) is 3.15. The van der Waals surface area contributed by atoms with E-state index in [1.165, 1.54) is 0 Å². The monoisotopic (exact) mass is 195 g/mol. The lowest BCUT2D eigenvalue weighted by atomic mass is 10.7. The molecule has 0 aromatic carbocycles. The molecule has 0 unspecified atom stereocenters. The molecule has 0 radical (unpaired) electrons. The van der Waals surface area contributed by atoms with Gasteiger partial charge in [0.05, 0.1) is 0 Å². The summed E-state index contributed by atoms with van der Waals surface area (Å²) in [7, 11) is 0. The SMILES string of the molecule is NCc1nnc(OCC(F)F)s1. The summed E-state index contributed by atoms with van der Waals surface area (Å²) >= 11 is 1.07. The van der Waals surface area contributed by atoms with Crippen LogP contribution < -0.4 is 10.5 Å². The molecule has 0 aliphatic rings. The molecule has 0 saturated heterocycles. The molecule has 1 rings (SSSR count). The molecule has 7 heteroatoms. The number of rotatable bonds is 4. The molecule has 0 aliphatic heterocycles. The molecule has 0 bridgehead atoms. The van der Waals surface area contributed by atoms with E-state index in [1.807, 2.05) is 0 Å². The Labute approximate surface area is 71.4 Å². The van der Waals surface area contributed by atoms with Crippen molar-refractivity contribution < 1.29 is 13.5 Å². The van der Waals surface area contributed by atoms with Crippen molar-refractivity contribution in [3.8, 4) is 5.19 Å². The van der Waals surface area contributed by atoms with Gasteiger partial charge < -0.3 is 10.5 Å². The average Bonchev–Trinajstić information content (AvgIpc) is 2.48. The zero-order chi connectivity index (χ0) is 8.97. The number of aromatic nitrogens is 2. The van der Waals surface area contributed by atoms with Crippen molar-refractivity contribution >= 4 is 11.3 Å². The molecule has 4 nitrogen and oxygen atoms in total. The highest BCUT2D eigenvalue weighted by atomic mass is 32.1. The predicted octanol–water partition coefficient (Wildman–Crippen LogP) is 0.641. The second-order valence-electron chi connectivity index (χ2n) is 1.87. The van der Waals surface area contributed by atoms with E-state index in [1.54, 1.807) is 0 Å². The van der Waals surface area contributed by atoms with Crippen LogP contribution in [0.5, 0.6) is 5.19 Å². The van der Waals surface area contributed by atoms with Crippen LogP contribution in [0, 0.1) is 0 Å². The molecule has 68 valence electrons. The van der Waals surface area contributed by atoms with Gasteiger partial charge in [0.1, 0.15) is 5.01 Å². The average molecular weight is 195 g/mol. The van der Waals surface area contributed by atoms with E-state index in [0.717, 1.165) is 11.3 Å². The molecule has 2 N–H and O–H groups in total. The lowest BCUT2D eigenvalue weighted by Gasteiger charge is -1.97. The van der Waals surface area contributed by atoms with Gasteiger partial charge in [-0.2, -0.15) is 0 Å². The highest BCUT2D eigenvalue weighted by Gasteiger charge is 2.07. The molecular formula is C5H7F2N3OS. The van der Waals surface area contributed by atoms with Crippen molar-refractivity contribution in [2.24, 2.45) is 5.73 Å². The molecule has 0 fully saturated rings. The van der Waals surface area contributed by atoms with E-state index in [0.29, 0.717) is 5.01 Å². The summed E-state index contributed by atoms with van der Waals surface area (Å²) in [6.45, 7) is -0.408. The van der Waals surface area contributed by atoms with Crippen LogP contribution in [0.4, 0.5) is 8.78 Å². The van der Waals surface area contributed by atoms with Crippen molar-refractivity contribution in [2.75, 3.05) is 6.61 Å². The summed E-state index contributed by atoms with van der Waals surface area (Å²) < 4.78 is 27.8. The summed E-state index contributed by atoms with van der Waals surface area (Å²) in [5.74, 6) is 0. The fourth-order valence-electron chi connectivity index (χ4n) is 0.513. The fraction of sp³-hybridized carbons (Fsp3) is 0.600. The quantitative estimate of drug-likeness (QED) is 0.765. The van der Waals surface area contributed by atoms with Gasteiger partial charge in [-0.25, -0.2) is 8.78 Å². The highest BCUT2D eigenvalue weighted by molar-refractivity contribution is 7.13. The number of alkyl halides is 2. The normalized spacial score (nSPS) is 10.7. The molecule has 0 saturated carbocycles. The Kier molecular flexibility index (Phi) is 3.30. The van der Waals surface area contributed by atoms with Gasteiger partial charge in [-0.3, -0.25) is 0 Å². The predicted molar refractivity (Wildman–Crippen MR) is 39.3 cm³/mol. The van der Waals surface area contributed by atoms with Crippen LogP contribution in [-0.4, -0.2) is 23.2 Å². The minimum Gasteiger partial charge on any atom is -0.463 e. The summed E-state index contributed by atoms with van der Waals surface area (Å²) in [6.07, 6.45) is -2.49. The standard InChI is InChI=1S/C5H7F2N3OS/c6-3(7)2-11-5-10-9-4(1-8)12-5/h3H,1-2,8H2. The second-order valence-corrected chi connectivity index (χ2v) is 2.89. The van der Waals surface area contributed by atoms with Crippen LogP contribution in [0.3, 0.4) is 0 Å². The van der Waals surface area contributed by atoms with Gasteiger partial charge in [0.25, 0.3) is 11.6 Å². The molecule has 0 aliphatic carbocycles. The Morgan fingerprint density at radius 1 is 1.50 bits per heavy atom. The Hall–Kier alpha value is -0.820. The molecule has 0 spiro atoms. The lowest BCUT2D eigenvalue weighted by molar-refractivity contribution is 0.0814. The molecule has 1 aromatic heterocycles. The van der Waals surface area contributed by atoms with Crippen molar-refractivity contribution in [1.29, 1.82) is 0 Å². The minimum absolute atomic E-state index is 0.135. The maximum atomic E-state index is 11.6. The smallest absolute Gasteiger partial charge is 0.294 e. The first-order valence-corrected chi connectivity index (χ1v) is 3.97. The van der Waals surface area contributed by atoms with Crippen molar-refractivity contribution in [2.45, 2.75) is 13.0 Å². The van der Waals surface area contributed by atoms with Gasteiger partial charge in [-0.1, -0.05) is 11.3 Å². The maximum absolute atomic E-state index is 11.6.